The summed E-state index contributed by atoms with van der Waals surface area (Å²) in [6.45, 7) is 2.33. The van der Waals surface area contributed by atoms with E-state index in [-0.39, 0.29) is 12.4 Å². The summed E-state index contributed by atoms with van der Waals surface area (Å²) in [5.41, 5.74) is 4.67. The zero-order valence-corrected chi connectivity index (χ0v) is 22.1. The Morgan fingerprint density at radius 2 is 1.82 bits per heavy atom. The van der Waals surface area contributed by atoms with Gasteiger partial charge in [-0.3, -0.25) is 9.30 Å². The molecule has 11 heteroatoms. The standard InChI is InChI=1S/C28H28F3N7S/c29-28(30,31)9-10-32-26-27-34-17-24(38(27)18-22(35-26)2-1-11-37-12-14-39-15-13-37)20-5-3-19(4-6-20)23-16-33-25(36-23)21-7-8-21/h3-6,16-18,21H,7-15H2,(H,32,35)(H,33,36). The molecule has 1 aliphatic carbocycles. The first kappa shape index (κ1) is 25.8. The summed E-state index contributed by atoms with van der Waals surface area (Å²) >= 11 is 1.94. The molecule has 0 amide bonds. The zero-order valence-electron chi connectivity index (χ0n) is 21.3. The Labute approximate surface area is 228 Å². The molecule has 2 aliphatic rings. The van der Waals surface area contributed by atoms with Gasteiger partial charge in [-0.15, -0.1) is 0 Å². The molecule has 0 radical (unpaired) electrons. The molecule has 7 nitrogen and oxygen atoms in total. The van der Waals surface area contributed by atoms with Crippen LogP contribution >= 0.6 is 11.8 Å². The van der Waals surface area contributed by atoms with Crippen LogP contribution in [-0.2, 0) is 0 Å². The van der Waals surface area contributed by atoms with Crippen molar-refractivity contribution in [1.82, 2.24) is 29.2 Å². The number of nitrogens with one attached hydrogen (secondary N) is 2. The number of hydrogen-bond acceptors (Lipinski definition) is 6. The van der Waals surface area contributed by atoms with Crippen LogP contribution in [0.15, 0.2) is 42.9 Å². The molecule has 3 aromatic heterocycles. The molecule has 1 aliphatic heterocycles. The van der Waals surface area contributed by atoms with Gasteiger partial charge in [0.15, 0.2) is 11.5 Å². The molecule has 1 saturated heterocycles. The van der Waals surface area contributed by atoms with E-state index >= 15 is 0 Å². The largest absolute Gasteiger partial charge is 0.390 e. The molecule has 202 valence electrons. The fourth-order valence-corrected chi connectivity index (χ4v) is 5.55. The van der Waals surface area contributed by atoms with Crippen molar-refractivity contribution < 1.29 is 13.2 Å². The Kier molecular flexibility index (Phi) is 7.23. The highest BCUT2D eigenvalue weighted by atomic mass is 32.2. The first-order chi connectivity index (χ1) is 18.9. The fraction of sp³-hybridized carbons (Fsp3) is 0.393. The Morgan fingerprint density at radius 1 is 1.05 bits per heavy atom. The number of rotatable bonds is 7. The lowest BCUT2D eigenvalue weighted by Crippen LogP contribution is -2.32. The van der Waals surface area contributed by atoms with E-state index in [1.807, 2.05) is 46.6 Å². The quantitative estimate of drug-likeness (QED) is 0.299. The highest BCUT2D eigenvalue weighted by Crippen LogP contribution is 2.39. The molecule has 0 unspecified atom stereocenters. The van der Waals surface area contributed by atoms with E-state index in [1.54, 1.807) is 12.4 Å². The van der Waals surface area contributed by atoms with Gasteiger partial charge in [-0.2, -0.15) is 24.9 Å². The summed E-state index contributed by atoms with van der Waals surface area (Å²) in [5.74, 6) is 10.4. The number of fused-ring (bicyclic) bond motifs is 1. The van der Waals surface area contributed by atoms with E-state index < -0.39 is 12.6 Å². The number of aromatic amines is 1. The normalized spacial score (nSPS) is 16.3. The second kappa shape index (κ2) is 10.9. The summed E-state index contributed by atoms with van der Waals surface area (Å²) in [6, 6.07) is 8.07. The number of aromatic nitrogens is 5. The molecular formula is C28H28F3N7S. The van der Waals surface area contributed by atoms with E-state index in [0.717, 1.165) is 52.9 Å². The molecule has 39 heavy (non-hydrogen) atoms. The first-order valence-electron chi connectivity index (χ1n) is 13.1. The van der Waals surface area contributed by atoms with Crippen molar-refractivity contribution in [2.75, 3.05) is 43.0 Å². The SMILES string of the molecule is FC(F)(F)CCNc1nc(C#CCN2CCSCC2)cn2c(-c3ccc(-c4cnc(C5CC5)[nH]4)cc3)cnc12. The van der Waals surface area contributed by atoms with Crippen LogP contribution in [-0.4, -0.2) is 73.1 Å². The minimum Gasteiger partial charge on any atom is -0.367 e. The van der Waals surface area contributed by atoms with Gasteiger partial charge >= 0.3 is 6.18 Å². The van der Waals surface area contributed by atoms with Gasteiger partial charge in [0, 0.05) is 48.8 Å². The Morgan fingerprint density at radius 3 is 2.56 bits per heavy atom. The number of halogens is 3. The smallest absolute Gasteiger partial charge is 0.367 e. The van der Waals surface area contributed by atoms with Crippen molar-refractivity contribution >= 4 is 23.2 Å². The molecule has 0 spiro atoms. The number of hydrogen-bond donors (Lipinski definition) is 2. The molecule has 2 N–H and O–H groups in total. The third kappa shape index (κ3) is 6.23. The number of anilines is 1. The van der Waals surface area contributed by atoms with Crippen LogP contribution in [0.3, 0.4) is 0 Å². The predicted molar refractivity (Wildman–Crippen MR) is 148 cm³/mol. The lowest BCUT2D eigenvalue weighted by molar-refractivity contribution is -0.131. The molecule has 4 aromatic rings. The first-order valence-corrected chi connectivity index (χ1v) is 14.2. The number of alkyl halides is 3. The Hall–Kier alpha value is -3.49. The topological polar surface area (TPSA) is 74.1 Å². The number of benzene rings is 1. The number of nitrogens with zero attached hydrogens (tertiary/aromatic N) is 5. The Balaban J connectivity index is 1.29. The monoisotopic (exact) mass is 551 g/mol. The summed E-state index contributed by atoms with van der Waals surface area (Å²) in [6.07, 6.45) is 2.53. The maximum Gasteiger partial charge on any atom is 0.390 e. The number of H-pyrrole nitrogens is 1. The van der Waals surface area contributed by atoms with E-state index in [4.69, 9.17) is 0 Å². The number of thioether (sulfide) groups is 1. The van der Waals surface area contributed by atoms with Crippen LogP contribution < -0.4 is 5.32 Å². The van der Waals surface area contributed by atoms with Gasteiger partial charge in [0.05, 0.1) is 36.7 Å². The lowest BCUT2D eigenvalue weighted by Gasteiger charge is -2.23. The van der Waals surface area contributed by atoms with Crippen LogP contribution in [0.2, 0.25) is 0 Å². The molecule has 1 saturated carbocycles. The molecule has 4 heterocycles. The van der Waals surface area contributed by atoms with Gasteiger partial charge in [-0.25, -0.2) is 15.0 Å². The minimum absolute atomic E-state index is 0.286. The summed E-state index contributed by atoms with van der Waals surface area (Å²) in [7, 11) is 0. The molecular weight excluding hydrogens is 523 g/mol. The van der Waals surface area contributed by atoms with E-state index in [2.05, 4.69) is 42.0 Å². The van der Waals surface area contributed by atoms with E-state index in [9.17, 15) is 13.2 Å². The third-order valence-electron chi connectivity index (χ3n) is 6.87. The van der Waals surface area contributed by atoms with Crippen LogP contribution in [0.5, 0.6) is 0 Å². The van der Waals surface area contributed by atoms with Gasteiger partial charge in [0.2, 0.25) is 0 Å². The second-order valence-corrected chi connectivity index (χ2v) is 11.1. The average molecular weight is 552 g/mol. The highest BCUT2D eigenvalue weighted by molar-refractivity contribution is 7.99. The third-order valence-corrected chi connectivity index (χ3v) is 7.81. The van der Waals surface area contributed by atoms with Crippen molar-refractivity contribution in [1.29, 1.82) is 0 Å². The van der Waals surface area contributed by atoms with E-state index in [0.29, 0.717) is 23.8 Å². The summed E-state index contributed by atoms with van der Waals surface area (Å²) in [5, 5.41) is 2.83. The zero-order chi connectivity index (χ0) is 26.8. The fourth-order valence-electron chi connectivity index (χ4n) is 4.57. The van der Waals surface area contributed by atoms with Crippen molar-refractivity contribution in [2.24, 2.45) is 0 Å². The average Bonchev–Trinajstić information content (AvgIpc) is 3.49. The van der Waals surface area contributed by atoms with Crippen molar-refractivity contribution in [3.8, 4) is 34.4 Å². The Bertz CT molecular complexity index is 1500. The molecule has 2 fully saturated rings. The second-order valence-electron chi connectivity index (χ2n) is 9.83. The van der Waals surface area contributed by atoms with Gasteiger partial charge in [-0.05, 0) is 24.3 Å². The highest BCUT2D eigenvalue weighted by Gasteiger charge is 2.27. The molecule has 0 atom stereocenters. The van der Waals surface area contributed by atoms with Crippen molar-refractivity contribution in [2.45, 2.75) is 31.4 Å². The van der Waals surface area contributed by atoms with Gasteiger partial charge in [0.1, 0.15) is 11.5 Å². The minimum atomic E-state index is -4.26. The summed E-state index contributed by atoms with van der Waals surface area (Å²) < 4.78 is 40.3. The van der Waals surface area contributed by atoms with Crippen LogP contribution in [0.25, 0.3) is 28.2 Å². The van der Waals surface area contributed by atoms with Crippen LogP contribution in [0, 0.1) is 11.8 Å². The maximum absolute atomic E-state index is 12.8. The van der Waals surface area contributed by atoms with Gasteiger partial charge in [-0.1, -0.05) is 30.2 Å². The summed E-state index contributed by atoms with van der Waals surface area (Å²) in [4.78, 5) is 19.2. The molecule has 1 aromatic carbocycles. The predicted octanol–water partition coefficient (Wildman–Crippen LogP) is 5.43. The van der Waals surface area contributed by atoms with Crippen LogP contribution in [0.4, 0.5) is 19.0 Å². The molecule has 0 bridgehead atoms. The lowest BCUT2D eigenvalue weighted by atomic mass is 10.1. The van der Waals surface area contributed by atoms with Gasteiger partial charge in [0.25, 0.3) is 0 Å². The van der Waals surface area contributed by atoms with Crippen molar-refractivity contribution in [3.05, 3.63) is 54.4 Å². The maximum atomic E-state index is 12.8. The van der Waals surface area contributed by atoms with E-state index in [1.165, 1.54) is 12.8 Å². The van der Waals surface area contributed by atoms with Crippen LogP contribution in [0.1, 0.15) is 36.7 Å². The van der Waals surface area contributed by atoms with Gasteiger partial charge < -0.3 is 10.3 Å². The van der Waals surface area contributed by atoms with Crippen molar-refractivity contribution in [3.63, 3.8) is 0 Å². The number of imidazole rings is 2. The molecule has 6 rings (SSSR count).